The van der Waals surface area contributed by atoms with E-state index < -0.39 is 0 Å². The molecule has 21 heavy (non-hydrogen) atoms. The molecule has 3 aromatic rings. The van der Waals surface area contributed by atoms with Gasteiger partial charge in [0, 0.05) is 24.7 Å². The number of rotatable bonds is 2. The summed E-state index contributed by atoms with van der Waals surface area (Å²) in [5, 5.41) is 9.41. The van der Waals surface area contributed by atoms with Crippen LogP contribution in [0.4, 0.5) is 0 Å². The van der Waals surface area contributed by atoms with Gasteiger partial charge in [-0.1, -0.05) is 29.4 Å². The Morgan fingerprint density at radius 2 is 2.14 bits per heavy atom. The molecule has 0 amide bonds. The molecule has 106 valence electrons. The van der Waals surface area contributed by atoms with E-state index in [2.05, 4.69) is 20.4 Å². The molecular formula is C15H14N4O2. The zero-order chi connectivity index (χ0) is 14.1. The van der Waals surface area contributed by atoms with Gasteiger partial charge in [-0.05, 0) is 11.5 Å². The molecule has 0 saturated carbocycles. The third kappa shape index (κ3) is 2.28. The molecule has 1 aliphatic heterocycles. The Labute approximate surface area is 121 Å². The SMILES string of the molecule is c1ccc2c(-c3noc([C@@H]4CNCCO4)n3)nccc2c1. The lowest BCUT2D eigenvalue weighted by atomic mass is 10.1. The number of fused-ring (bicyclic) bond motifs is 1. The van der Waals surface area contributed by atoms with E-state index in [1.807, 2.05) is 30.3 Å². The first kappa shape index (κ1) is 12.4. The number of benzene rings is 1. The van der Waals surface area contributed by atoms with Crippen molar-refractivity contribution >= 4 is 10.8 Å². The van der Waals surface area contributed by atoms with E-state index in [0.29, 0.717) is 24.9 Å². The zero-order valence-corrected chi connectivity index (χ0v) is 11.3. The van der Waals surface area contributed by atoms with Crippen molar-refractivity contribution in [1.29, 1.82) is 0 Å². The second-order valence-electron chi connectivity index (χ2n) is 4.90. The van der Waals surface area contributed by atoms with Gasteiger partial charge in [0.1, 0.15) is 11.8 Å². The van der Waals surface area contributed by atoms with Gasteiger partial charge in [-0.25, -0.2) is 0 Å². The molecule has 1 aliphatic rings. The van der Waals surface area contributed by atoms with Crippen molar-refractivity contribution in [3.63, 3.8) is 0 Å². The van der Waals surface area contributed by atoms with E-state index in [4.69, 9.17) is 9.26 Å². The summed E-state index contributed by atoms with van der Waals surface area (Å²) >= 11 is 0. The molecule has 0 aliphatic carbocycles. The highest BCUT2D eigenvalue weighted by Gasteiger charge is 2.23. The zero-order valence-electron chi connectivity index (χ0n) is 11.3. The van der Waals surface area contributed by atoms with Gasteiger partial charge < -0.3 is 14.6 Å². The molecule has 1 aromatic carbocycles. The van der Waals surface area contributed by atoms with Crippen LogP contribution < -0.4 is 5.32 Å². The minimum atomic E-state index is -0.185. The normalized spacial score (nSPS) is 19.0. The Morgan fingerprint density at radius 3 is 3.05 bits per heavy atom. The van der Waals surface area contributed by atoms with Crippen LogP contribution >= 0.6 is 0 Å². The quantitative estimate of drug-likeness (QED) is 0.774. The highest BCUT2D eigenvalue weighted by Crippen LogP contribution is 2.26. The Kier molecular flexibility index (Phi) is 3.10. The molecular weight excluding hydrogens is 268 g/mol. The summed E-state index contributed by atoms with van der Waals surface area (Å²) in [6, 6.07) is 9.98. The molecule has 1 saturated heterocycles. The van der Waals surface area contributed by atoms with Crippen molar-refractivity contribution in [2.24, 2.45) is 0 Å². The largest absolute Gasteiger partial charge is 0.366 e. The lowest BCUT2D eigenvalue weighted by Crippen LogP contribution is -2.33. The van der Waals surface area contributed by atoms with Gasteiger partial charge in [0.2, 0.25) is 5.82 Å². The molecule has 4 rings (SSSR count). The lowest BCUT2D eigenvalue weighted by molar-refractivity contribution is 0.00755. The number of nitrogens with zero attached hydrogens (tertiary/aromatic N) is 3. The van der Waals surface area contributed by atoms with E-state index >= 15 is 0 Å². The average molecular weight is 282 g/mol. The molecule has 3 heterocycles. The fourth-order valence-corrected chi connectivity index (χ4v) is 2.48. The predicted molar refractivity (Wildman–Crippen MR) is 76.6 cm³/mol. The van der Waals surface area contributed by atoms with Crippen molar-refractivity contribution in [2.75, 3.05) is 19.7 Å². The number of morpholine rings is 1. The Balaban J connectivity index is 1.74. The molecule has 6 heteroatoms. The highest BCUT2D eigenvalue weighted by atomic mass is 16.5. The van der Waals surface area contributed by atoms with Crippen molar-refractivity contribution in [2.45, 2.75) is 6.10 Å². The fraction of sp³-hybridized carbons (Fsp3) is 0.267. The summed E-state index contributed by atoms with van der Waals surface area (Å²) in [5.74, 6) is 0.989. The van der Waals surface area contributed by atoms with Crippen LogP contribution in [0.2, 0.25) is 0 Å². The maximum absolute atomic E-state index is 5.62. The Bertz CT molecular complexity index is 760. The van der Waals surface area contributed by atoms with Crippen LogP contribution in [0, 0.1) is 0 Å². The van der Waals surface area contributed by atoms with Crippen LogP contribution in [0.3, 0.4) is 0 Å². The maximum atomic E-state index is 5.62. The van der Waals surface area contributed by atoms with E-state index in [0.717, 1.165) is 23.0 Å². The number of ether oxygens (including phenoxy) is 1. The van der Waals surface area contributed by atoms with Crippen molar-refractivity contribution in [3.05, 3.63) is 42.4 Å². The van der Waals surface area contributed by atoms with Gasteiger partial charge in [-0.15, -0.1) is 0 Å². The van der Waals surface area contributed by atoms with E-state index in [-0.39, 0.29) is 6.10 Å². The Morgan fingerprint density at radius 1 is 1.19 bits per heavy atom. The molecule has 6 nitrogen and oxygen atoms in total. The third-order valence-corrected chi connectivity index (χ3v) is 3.53. The van der Waals surface area contributed by atoms with Crippen LogP contribution in [0.5, 0.6) is 0 Å². The summed E-state index contributed by atoms with van der Waals surface area (Å²) < 4.78 is 11.0. The molecule has 0 spiro atoms. The van der Waals surface area contributed by atoms with Crippen LogP contribution in [0.25, 0.3) is 22.3 Å². The number of aromatic nitrogens is 3. The molecule has 1 fully saturated rings. The second-order valence-corrected chi connectivity index (χ2v) is 4.90. The van der Waals surface area contributed by atoms with Gasteiger partial charge in [-0.3, -0.25) is 4.98 Å². The molecule has 2 aromatic heterocycles. The summed E-state index contributed by atoms with van der Waals surface area (Å²) in [6.45, 7) is 2.18. The van der Waals surface area contributed by atoms with Crippen LogP contribution in [0.1, 0.15) is 12.0 Å². The van der Waals surface area contributed by atoms with Crippen LogP contribution in [-0.2, 0) is 4.74 Å². The Hall–Kier alpha value is -2.31. The lowest BCUT2D eigenvalue weighted by Gasteiger charge is -2.19. The topological polar surface area (TPSA) is 73.1 Å². The van der Waals surface area contributed by atoms with Gasteiger partial charge in [-0.2, -0.15) is 4.98 Å². The van der Waals surface area contributed by atoms with Gasteiger partial charge in [0.05, 0.1) is 6.61 Å². The van der Waals surface area contributed by atoms with E-state index in [9.17, 15) is 0 Å². The molecule has 0 bridgehead atoms. The van der Waals surface area contributed by atoms with Gasteiger partial charge >= 0.3 is 0 Å². The number of hydrogen-bond donors (Lipinski definition) is 1. The van der Waals surface area contributed by atoms with Crippen LogP contribution in [0.15, 0.2) is 41.1 Å². The third-order valence-electron chi connectivity index (χ3n) is 3.53. The van der Waals surface area contributed by atoms with Crippen molar-refractivity contribution in [1.82, 2.24) is 20.4 Å². The van der Waals surface area contributed by atoms with Crippen LogP contribution in [-0.4, -0.2) is 34.8 Å². The molecule has 1 atom stereocenters. The number of pyridine rings is 1. The summed E-state index contributed by atoms with van der Waals surface area (Å²) in [6.07, 6.45) is 1.57. The van der Waals surface area contributed by atoms with E-state index in [1.54, 1.807) is 6.20 Å². The summed E-state index contributed by atoms with van der Waals surface area (Å²) in [7, 11) is 0. The average Bonchev–Trinajstić information content (AvgIpc) is 3.05. The standard InChI is InChI=1S/C15H14N4O2/c1-2-4-11-10(3-1)5-6-17-13(11)14-18-15(21-19-14)12-9-16-7-8-20-12/h1-6,12,16H,7-9H2/t12-/m0/s1. The summed E-state index contributed by atoms with van der Waals surface area (Å²) in [4.78, 5) is 8.84. The first-order chi connectivity index (χ1) is 10.4. The first-order valence-electron chi connectivity index (χ1n) is 6.92. The van der Waals surface area contributed by atoms with Gasteiger partial charge in [0.25, 0.3) is 5.89 Å². The summed E-state index contributed by atoms with van der Waals surface area (Å²) in [5.41, 5.74) is 0.729. The second kappa shape index (κ2) is 5.23. The smallest absolute Gasteiger partial charge is 0.257 e. The van der Waals surface area contributed by atoms with E-state index in [1.165, 1.54) is 0 Å². The van der Waals surface area contributed by atoms with Crippen molar-refractivity contribution < 1.29 is 9.26 Å². The molecule has 0 unspecified atom stereocenters. The highest BCUT2D eigenvalue weighted by molar-refractivity contribution is 5.92. The molecule has 0 radical (unpaired) electrons. The minimum Gasteiger partial charge on any atom is -0.366 e. The minimum absolute atomic E-state index is 0.185. The van der Waals surface area contributed by atoms with Crippen molar-refractivity contribution in [3.8, 4) is 11.5 Å². The molecule has 1 N–H and O–H groups in total. The predicted octanol–water partition coefficient (Wildman–Crippen LogP) is 1.95. The first-order valence-corrected chi connectivity index (χ1v) is 6.92. The monoisotopic (exact) mass is 282 g/mol. The number of hydrogen-bond acceptors (Lipinski definition) is 6. The maximum Gasteiger partial charge on any atom is 0.257 e. The fourth-order valence-electron chi connectivity index (χ4n) is 2.48. The number of nitrogens with one attached hydrogen (secondary N) is 1. The van der Waals surface area contributed by atoms with Gasteiger partial charge in [0.15, 0.2) is 0 Å².